The Hall–Kier alpha value is -0.630. The number of nitrogens with one attached hydrogen (secondary N) is 1. The highest BCUT2D eigenvalue weighted by Gasteiger charge is 2.29. The fourth-order valence-electron chi connectivity index (χ4n) is 2.38. The highest BCUT2D eigenvalue weighted by atomic mass is 35.5. The van der Waals surface area contributed by atoms with Gasteiger partial charge in [0.05, 0.1) is 6.20 Å². The minimum atomic E-state index is -3.36. The van der Waals surface area contributed by atoms with Crippen LogP contribution < -0.4 is 5.32 Å². The van der Waals surface area contributed by atoms with E-state index in [1.807, 2.05) is 0 Å². The van der Waals surface area contributed by atoms with E-state index in [4.69, 9.17) is 0 Å². The van der Waals surface area contributed by atoms with Gasteiger partial charge in [-0.1, -0.05) is 6.92 Å². The molecule has 1 N–H and O–H groups in total. The summed E-state index contributed by atoms with van der Waals surface area (Å²) in [6.45, 7) is 5.24. The van der Waals surface area contributed by atoms with E-state index in [0.717, 1.165) is 25.9 Å². The summed E-state index contributed by atoms with van der Waals surface area (Å²) in [5.74, 6) is 0.584. The van der Waals surface area contributed by atoms with Crippen molar-refractivity contribution in [1.82, 2.24) is 19.4 Å². The molecule has 2 rings (SSSR count). The maximum atomic E-state index is 12.4. The zero-order valence-corrected chi connectivity index (χ0v) is 13.6. The van der Waals surface area contributed by atoms with Crippen molar-refractivity contribution < 1.29 is 8.42 Å². The van der Waals surface area contributed by atoms with Crippen LogP contribution in [-0.2, 0) is 17.1 Å². The van der Waals surface area contributed by atoms with Gasteiger partial charge in [0, 0.05) is 26.3 Å². The number of aromatic nitrogens is 2. The van der Waals surface area contributed by atoms with Crippen molar-refractivity contribution in [3.63, 3.8) is 0 Å². The summed E-state index contributed by atoms with van der Waals surface area (Å²) in [6, 6.07) is 0. The topological polar surface area (TPSA) is 67.2 Å². The predicted molar refractivity (Wildman–Crippen MR) is 80.5 cm³/mol. The Morgan fingerprint density at radius 2 is 2.05 bits per heavy atom. The first kappa shape index (κ1) is 17.4. The van der Waals surface area contributed by atoms with Gasteiger partial charge in [-0.15, -0.1) is 12.4 Å². The second kappa shape index (κ2) is 7.40. The number of nitrogens with zero attached hydrogens (tertiary/aromatic N) is 3. The number of hydrogen-bond donors (Lipinski definition) is 1. The van der Waals surface area contributed by atoms with Crippen molar-refractivity contribution in [2.24, 2.45) is 13.0 Å². The molecule has 0 unspecified atom stereocenters. The lowest BCUT2D eigenvalue weighted by molar-refractivity contribution is 0.268. The average molecular weight is 323 g/mol. The molecular formula is C12H23ClN4O2S. The predicted octanol–water partition coefficient (Wildman–Crippen LogP) is 0.852. The Morgan fingerprint density at radius 3 is 2.55 bits per heavy atom. The molecular weight excluding hydrogens is 300 g/mol. The van der Waals surface area contributed by atoms with Gasteiger partial charge in [-0.25, -0.2) is 8.42 Å². The van der Waals surface area contributed by atoms with Gasteiger partial charge in [0.25, 0.3) is 0 Å². The van der Waals surface area contributed by atoms with Crippen LogP contribution in [0.2, 0.25) is 0 Å². The normalized spacial score (nSPS) is 17.9. The Kier molecular flexibility index (Phi) is 6.44. The number of aryl methyl sites for hydroxylation is 1. The molecule has 116 valence electrons. The molecule has 0 spiro atoms. The molecule has 1 aromatic rings. The third kappa shape index (κ3) is 3.94. The summed E-state index contributed by atoms with van der Waals surface area (Å²) in [7, 11) is -1.63. The summed E-state index contributed by atoms with van der Waals surface area (Å²) in [5, 5.41) is 7.26. The first-order chi connectivity index (χ1) is 9.04. The van der Waals surface area contributed by atoms with E-state index in [9.17, 15) is 8.42 Å². The number of piperidine rings is 1. The summed E-state index contributed by atoms with van der Waals surface area (Å²) >= 11 is 0. The number of sulfonamides is 1. The monoisotopic (exact) mass is 322 g/mol. The van der Waals surface area contributed by atoms with Gasteiger partial charge in [-0.05, 0) is 31.8 Å². The standard InChI is InChI=1S/C12H22N4O2S.ClH/c1-3-13-8-11-4-6-16(7-5-11)19(17,18)12-9-14-15(2)10-12;/h9-11,13H,3-8H2,1-2H3;1H. The lowest BCUT2D eigenvalue weighted by Crippen LogP contribution is -2.40. The summed E-state index contributed by atoms with van der Waals surface area (Å²) in [4.78, 5) is 0.292. The van der Waals surface area contributed by atoms with E-state index in [0.29, 0.717) is 23.9 Å². The zero-order valence-electron chi connectivity index (χ0n) is 11.9. The van der Waals surface area contributed by atoms with Crippen LogP contribution in [0.25, 0.3) is 0 Å². The molecule has 2 heterocycles. The van der Waals surface area contributed by atoms with E-state index in [2.05, 4.69) is 17.3 Å². The minimum absolute atomic E-state index is 0. The molecule has 0 radical (unpaired) electrons. The van der Waals surface area contributed by atoms with Crippen LogP contribution in [-0.4, -0.2) is 48.7 Å². The average Bonchev–Trinajstić information content (AvgIpc) is 2.84. The molecule has 1 aliphatic rings. The Bertz CT molecular complexity index is 509. The molecule has 0 atom stereocenters. The number of hydrogen-bond acceptors (Lipinski definition) is 4. The molecule has 20 heavy (non-hydrogen) atoms. The van der Waals surface area contributed by atoms with Gasteiger partial charge in [-0.3, -0.25) is 4.68 Å². The van der Waals surface area contributed by atoms with Gasteiger partial charge in [0.1, 0.15) is 4.90 Å². The smallest absolute Gasteiger partial charge is 0.246 e. The van der Waals surface area contributed by atoms with Crippen LogP contribution in [0.3, 0.4) is 0 Å². The van der Waals surface area contributed by atoms with Gasteiger partial charge in [0.2, 0.25) is 10.0 Å². The largest absolute Gasteiger partial charge is 0.317 e. The molecule has 8 heteroatoms. The third-order valence-electron chi connectivity index (χ3n) is 3.58. The molecule has 1 aromatic heterocycles. The Morgan fingerprint density at radius 1 is 1.40 bits per heavy atom. The highest BCUT2D eigenvalue weighted by molar-refractivity contribution is 7.89. The molecule has 1 saturated heterocycles. The highest BCUT2D eigenvalue weighted by Crippen LogP contribution is 2.23. The van der Waals surface area contributed by atoms with Crippen molar-refractivity contribution in [3.05, 3.63) is 12.4 Å². The lowest BCUT2D eigenvalue weighted by atomic mass is 9.98. The molecule has 1 fully saturated rings. The van der Waals surface area contributed by atoms with Crippen molar-refractivity contribution in [3.8, 4) is 0 Å². The quantitative estimate of drug-likeness (QED) is 0.873. The van der Waals surface area contributed by atoms with Crippen LogP contribution in [0, 0.1) is 5.92 Å². The SMILES string of the molecule is CCNCC1CCN(S(=O)(=O)c2cnn(C)c2)CC1.Cl. The van der Waals surface area contributed by atoms with Crippen molar-refractivity contribution in [2.45, 2.75) is 24.7 Å². The van der Waals surface area contributed by atoms with E-state index in [-0.39, 0.29) is 12.4 Å². The van der Waals surface area contributed by atoms with Crippen molar-refractivity contribution >= 4 is 22.4 Å². The fraction of sp³-hybridized carbons (Fsp3) is 0.750. The van der Waals surface area contributed by atoms with E-state index in [1.165, 1.54) is 10.9 Å². The van der Waals surface area contributed by atoms with Crippen LogP contribution in [0.1, 0.15) is 19.8 Å². The van der Waals surface area contributed by atoms with Gasteiger partial charge < -0.3 is 5.32 Å². The van der Waals surface area contributed by atoms with E-state index < -0.39 is 10.0 Å². The second-order valence-electron chi connectivity index (χ2n) is 5.00. The van der Waals surface area contributed by atoms with Gasteiger partial charge >= 0.3 is 0 Å². The van der Waals surface area contributed by atoms with Crippen LogP contribution in [0.4, 0.5) is 0 Å². The molecule has 0 saturated carbocycles. The molecule has 0 aliphatic carbocycles. The molecule has 0 amide bonds. The third-order valence-corrected chi connectivity index (χ3v) is 5.43. The van der Waals surface area contributed by atoms with Gasteiger partial charge in [0.15, 0.2) is 0 Å². The van der Waals surface area contributed by atoms with Gasteiger partial charge in [-0.2, -0.15) is 9.40 Å². The fourth-order valence-corrected chi connectivity index (χ4v) is 3.84. The van der Waals surface area contributed by atoms with E-state index >= 15 is 0 Å². The molecule has 1 aliphatic heterocycles. The van der Waals surface area contributed by atoms with Crippen molar-refractivity contribution in [2.75, 3.05) is 26.2 Å². The van der Waals surface area contributed by atoms with Crippen LogP contribution in [0.15, 0.2) is 17.3 Å². The Balaban J connectivity index is 0.00000200. The molecule has 6 nitrogen and oxygen atoms in total. The van der Waals surface area contributed by atoms with Crippen LogP contribution in [0.5, 0.6) is 0 Å². The first-order valence-electron chi connectivity index (χ1n) is 6.73. The Labute approximate surface area is 127 Å². The van der Waals surface area contributed by atoms with E-state index in [1.54, 1.807) is 17.5 Å². The summed E-state index contributed by atoms with van der Waals surface area (Å²) in [6.07, 6.45) is 4.82. The number of halogens is 1. The maximum Gasteiger partial charge on any atom is 0.246 e. The first-order valence-corrected chi connectivity index (χ1v) is 8.17. The zero-order chi connectivity index (χ0) is 13.9. The summed E-state index contributed by atoms with van der Waals surface area (Å²) in [5.41, 5.74) is 0. The maximum absolute atomic E-state index is 12.4. The second-order valence-corrected chi connectivity index (χ2v) is 6.94. The number of rotatable bonds is 5. The minimum Gasteiger partial charge on any atom is -0.317 e. The molecule has 0 bridgehead atoms. The lowest BCUT2D eigenvalue weighted by Gasteiger charge is -2.30. The summed E-state index contributed by atoms with van der Waals surface area (Å²) < 4.78 is 27.9. The van der Waals surface area contributed by atoms with Crippen LogP contribution >= 0.6 is 12.4 Å². The van der Waals surface area contributed by atoms with Crippen molar-refractivity contribution in [1.29, 1.82) is 0 Å². The molecule has 0 aromatic carbocycles.